The number of carbonyl (C=O) groups excluding carboxylic acids is 1. The fourth-order valence-electron chi connectivity index (χ4n) is 2.17. The smallest absolute Gasteiger partial charge is 0.253 e. The fraction of sp³-hybridized carbons (Fsp3) is 0.353. The third kappa shape index (κ3) is 4.63. The summed E-state index contributed by atoms with van der Waals surface area (Å²) in [5.41, 5.74) is 1.29. The molecule has 2 aromatic rings. The van der Waals surface area contributed by atoms with Gasteiger partial charge in [-0.05, 0) is 30.7 Å². The summed E-state index contributed by atoms with van der Waals surface area (Å²) >= 11 is 0. The lowest BCUT2D eigenvalue weighted by molar-refractivity contribution is 0.0911. The highest BCUT2D eigenvalue weighted by Crippen LogP contribution is 2.16. The lowest BCUT2D eigenvalue weighted by Crippen LogP contribution is -2.32. The molecular weight excluding hydrogens is 280 g/mol. The van der Waals surface area contributed by atoms with Crippen LogP contribution in [0.3, 0.4) is 0 Å². The molecule has 1 atom stereocenters. The first-order valence-corrected chi connectivity index (χ1v) is 7.52. The first kappa shape index (κ1) is 16.1. The number of para-hydroxylation sites is 1. The van der Waals surface area contributed by atoms with Gasteiger partial charge in [0, 0.05) is 12.2 Å². The molecule has 0 saturated heterocycles. The van der Waals surface area contributed by atoms with Crippen LogP contribution < -0.4 is 10.6 Å². The minimum Gasteiger partial charge on any atom is -0.467 e. The van der Waals surface area contributed by atoms with Gasteiger partial charge in [-0.3, -0.25) is 4.79 Å². The van der Waals surface area contributed by atoms with E-state index in [4.69, 9.17) is 4.42 Å². The van der Waals surface area contributed by atoms with Gasteiger partial charge in [0.2, 0.25) is 0 Å². The van der Waals surface area contributed by atoms with Gasteiger partial charge >= 0.3 is 0 Å². The Morgan fingerprint density at radius 1 is 1.27 bits per heavy atom. The lowest BCUT2D eigenvalue weighted by Gasteiger charge is -2.13. The van der Waals surface area contributed by atoms with Crippen LogP contribution in [-0.2, 0) is 6.54 Å². The first-order chi connectivity index (χ1) is 10.7. The Hall–Kier alpha value is -2.27. The van der Waals surface area contributed by atoms with Crippen LogP contribution in [0.15, 0.2) is 47.1 Å². The van der Waals surface area contributed by atoms with Crippen molar-refractivity contribution in [3.63, 3.8) is 0 Å². The number of aliphatic hydroxyl groups excluding tert-OH is 1. The Morgan fingerprint density at radius 3 is 2.82 bits per heavy atom. The summed E-state index contributed by atoms with van der Waals surface area (Å²) < 4.78 is 5.27. The van der Waals surface area contributed by atoms with Gasteiger partial charge < -0.3 is 20.2 Å². The van der Waals surface area contributed by atoms with Crippen molar-refractivity contribution in [2.75, 3.05) is 11.9 Å². The summed E-state index contributed by atoms with van der Waals surface area (Å²) in [4.78, 5) is 12.2. The van der Waals surface area contributed by atoms with Gasteiger partial charge in [-0.1, -0.05) is 25.5 Å². The van der Waals surface area contributed by atoms with E-state index in [0.717, 1.165) is 17.9 Å². The highest BCUT2D eigenvalue weighted by atomic mass is 16.3. The van der Waals surface area contributed by atoms with Gasteiger partial charge in [0.1, 0.15) is 5.76 Å². The van der Waals surface area contributed by atoms with E-state index in [9.17, 15) is 9.90 Å². The molecule has 0 saturated carbocycles. The summed E-state index contributed by atoms with van der Waals surface area (Å²) in [5.74, 6) is 0.603. The van der Waals surface area contributed by atoms with Crippen LogP contribution in [0.25, 0.3) is 0 Å². The summed E-state index contributed by atoms with van der Waals surface area (Å²) in [6, 6.07) is 11.0. The van der Waals surface area contributed by atoms with E-state index in [-0.39, 0.29) is 12.5 Å². The second-order valence-electron chi connectivity index (χ2n) is 5.13. The topological polar surface area (TPSA) is 74.5 Å². The molecule has 2 rings (SSSR count). The van der Waals surface area contributed by atoms with Crippen LogP contribution in [0.2, 0.25) is 0 Å². The van der Waals surface area contributed by atoms with E-state index in [1.54, 1.807) is 12.3 Å². The minimum atomic E-state index is -0.503. The predicted octanol–water partition coefficient (Wildman–Crippen LogP) is 2.78. The van der Waals surface area contributed by atoms with Crippen molar-refractivity contribution in [3.8, 4) is 0 Å². The summed E-state index contributed by atoms with van der Waals surface area (Å²) in [5, 5.41) is 15.7. The molecule has 1 heterocycles. The molecular formula is C17H22N2O3. The molecule has 0 aliphatic rings. The molecule has 0 bridgehead atoms. The predicted molar refractivity (Wildman–Crippen MR) is 85.7 cm³/mol. The maximum atomic E-state index is 12.2. The summed E-state index contributed by atoms with van der Waals surface area (Å²) in [6.45, 7) is 2.77. The quantitative estimate of drug-likeness (QED) is 0.701. The van der Waals surface area contributed by atoms with Crippen molar-refractivity contribution in [1.82, 2.24) is 5.32 Å². The molecule has 1 aromatic carbocycles. The van der Waals surface area contributed by atoms with Gasteiger partial charge in [-0.2, -0.15) is 0 Å². The highest BCUT2D eigenvalue weighted by molar-refractivity contribution is 5.99. The van der Waals surface area contributed by atoms with Crippen LogP contribution in [0.5, 0.6) is 0 Å². The van der Waals surface area contributed by atoms with Crippen molar-refractivity contribution >= 4 is 11.6 Å². The third-order valence-electron chi connectivity index (χ3n) is 3.33. The van der Waals surface area contributed by atoms with Gasteiger partial charge in [-0.25, -0.2) is 0 Å². The molecule has 1 aromatic heterocycles. The van der Waals surface area contributed by atoms with Crippen LogP contribution >= 0.6 is 0 Å². The van der Waals surface area contributed by atoms with Crippen molar-refractivity contribution in [2.24, 2.45) is 0 Å². The van der Waals surface area contributed by atoms with E-state index in [0.29, 0.717) is 18.5 Å². The minimum absolute atomic E-state index is 0.197. The molecule has 118 valence electrons. The van der Waals surface area contributed by atoms with Crippen molar-refractivity contribution in [2.45, 2.75) is 32.4 Å². The van der Waals surface area contributed by atoms with E-state index >= 15 is 0 Å². The molecule has 3 N–H and O–H groups in total. The second kappa shape index (κ2) is 8.24. The van der Waals surface area contributed by atoms with Gasteiger partial charge in [0.25, 0.3) is 5.91 Å². The number of furan rings is 1. The fourth-order valence-corrected chi connectivity index (χ4v) is 2.17. The largest absolute Gasteiger partial charge is 0.467 e. The van der Waals surface area contributed by atoms with Crippen LogP contribution in [0, 0.1) is 0 Å². The average molecular weight is 302 g/mol. The number of rotatable bonds is 8. The van der Waals surface area contributed by atoms with E-state index in [1.807, 2.05) is 37.3 Å². The Balaban J connectivity index is 1.96. The normalized spacial score (nSPS) is 11.9. The zero-order valence-electron chi connectivity index (χ0n) is 12.7. The van der Waals surface area contributed by atoms with Crippen LogP contribution in [0.1, 0.15) is 35.9 Å². The molecule has 0 spiro atoms. The second-order valence-corrected chi connectivity index (χ2v) is 5.13. The SMILES string of the molecule is CCCC(O)CNC(=O)c1ccccc1NCc1ccco1. The zero-order chi connectivity index (χ0) is 15.8. The third-order valence-corrected chi connectivity index (χ3v) is 3.33. The average Bonchev–Trinajstić information content (AvgIpc) is 3.04. The number of hydrogen-bond donors (Lipinski definition) is 3. The Bertz CT molecular complexity index is 581. The molecule has 1 unspecified atom stereocenters. The monoisotopic (exact) mass is 302 g/mol. The van der Waals surface area contributed by atoms with E-state index in [1.165, 1.54) is 0 Å². The van der Waals surface area contributed by atoms with E-state index in [2.05, 4.69) is 10.6 Å². The molecule has 5 heteroatoms. The van der Waals surface area contributed by atoms with Gasteiger partial charge in [-0.15, -0.1) is 0 Å². The van der Waals surface area contributed by atoms with Crippen molar-refractivity contribution in [1.29, 1.82) is 0 Å². The van der Waals surface area contributed by atoms with E-state index < -0.39 is 6.10 Å². The molecule has 22 heavy (non-hydrogen) atoms. The molecule has 0 aliphatic carbocycles. The number of nitrogens with one attached hydrogen (secondary N) is 2. The number of hydrogen-bond acceptors (Lipinski definition) is 4. The standard InChI is InChI=1S/C17H22N2O3/c1-2-6-13(20)11-19-17(21)15-8-3-4-9-16(15)18-12-14-7-5-10-22-14/h3-5,7-10,13,18,20H,2,6,11-12H2,1H3,(H,19,21). The maximum absolute atomic E-state index is 12.2. The molecule has 5 nitrogen and oxygen atoms in total. The molecule has 0 radical (unpaired) electrons. The number of anilines is 1. The highest BCUT2D eigenvalue weighted by Gasteiger charge is 2.12. The summed E-state index contributed by atoms with van der Waals surface area (Å²) in [7, 11) is 0. The van der Waals surface area contributed by atoms with Crippen LogP contribution in [0.4, 0.5) is 5.69 Å². The zero-order valence-corrected chi connectivity index (χ0v) is 12.7. The number of aliphatic hydroxyl groups is 1. The Kier molecular flexibility index (Phi) is 6.03. The molecule has 0 aliphatic heterocycles. The molecule has 1 amide bonds. The number of benzene rings is 1. The van der Waals surface area contributed by atoms with Crippen molar-refractivity contribution < 1.29 is 14.3 Å². The Morgan fingerprint density at radius 2 is 2.09 bits per heavy atom. The maximum Gasteiger partial charge on any atom is 0.253 e. The Labute approximate surface area is 130 Å². The molecule has 0 fully saturated rings. The number of amides is 1. The number of carbonyl (C=O) groups is 1. The van der Waals surface area contributed by atoms with Crippen molar-refractivity contribution in [3.05, 3.63) is 54.0 Å². The first-order valence-electron chi connectivity index (χ1n) is 7.52. The lowest BCUT2D eigenvalue weighted by atomic mass is 10.1. The van der Waals surface area contributed by atoms with Crippen LogP contribution in [-0.4, -0.2) is 23.7 Å². The summed E-state index contributed by atoms with van der Waals surface area (Å²) in [6.07, 6.45) is 2.68. The van der Waals surface area contributed by atoms with Gasteiger partial charge in [0.15, 0.2) is 0 Å². The van der Waals surface area contributed by atoms with Gasteiger partial charge in [0.05, 0.1) is 24.5 Å².